The Morgan fingerprint density at radius 1 is 1.25 bits per heavy atom. The zero-order chi connectivity index (χ0) is 17.3. The molecule has 1 N–H and O–H groups in total. The van der Waals surface area contributed by atoms with E-state index >= 15 is 0 Å². The Labute approximate surface area is 143 Å². The van der Waals surface area contributed by atoms with Crippen molar-refractivity contribution in [3.63, 3.8) is 0 Å². The van der Waals surface area contributed by atoms with Gasteiger partial charge in [-0.3, -0.25) is 4.98 Å². The molecule has 3 aromatic rings. The molecule has 0 aliphatic rings. The number of hydrogen-bond acceptors (Lipinski definition) is 7. The summed E-state index contributed by atoms with van der Waals surface area (Å²) in [6, 6.07) is 3.76. The Balaban J connectivity index is 1.82. The molecule has 0 saturated carbocycles. The highest BCUT2D eigenvalue weighted by Gasteiger charge is 2.24. The summed E-state index contributed by atoms with van der Waals surface area (Å²) in [5.41, 5.74) is 2.04. The number of nitrogens with one attached hydrogen (secondary N) is 1. The van der Waals surface area contributed by atoms with Crippen molar-refractivity contribution in [3.8, 4) is 10.6 Å². The average molecular weight is 364 g/mol. The number of rotatable bonds is 5. The lowest BCUT2D eigenvalue weighted by molar-refractivity contribution is 0.390. The summed E-state index contributed by atoms with van der Waals surface area (Å²) in [4.78, 5) is 9.51. The maximum absolute atomic E-state index is 12.5. The van der Waals surface area contributed by atoms with Crippen LogP contribution < -0.4 is 4.72 Å². The summed E-state index contributed by atoms with van der Waals surface area (Å²) in [5, 5.41) is 4.50. The summed E-state index contributed by atoms with van der Waals surface area (Å²) in [5.74, 6) is 0.275. The molecule has 126 valence electrons. The van der Waals surface area contributed by atoms with Gasteiger partial charge in [-0.15, -0.1) is 11.3 Å². The van der Waals surface area contributed by atoms with Crippen LogP contribution in [0.5, 0.6) is 0 Å². The van der Waals surface area contributed by atoms with Crippen molar-refractivity contribution in [2.75, 3.05) is 0 Å². The Morgan fingerprint density at radius 3 is 2.67 bits per heavy atom. The summed E-state index contributed by atoms with van der Waals surface area (Å²) in [6.45, 7) is 5.20. The first-order valence-electron chi connectivity index (χ1n) is 7.17. The molecular weight excluding hydrogens is 348 g/mol. The third-order valence-corrected chi connectivity index (χ3v) is 6.31. The molecule has 0 fully saturated rings. The van der Waals surface area contributed by atoms with Gasteiger partial charge in [0, 0.05) is 29.4 Å². The van der Waals surface area contributed by atoms with E-state index in [-0.39, 0.29) is 17.2 Å². The molecule has 0 radical (unpaired) electrons. The van der Waals surface area contributed by atoms with Gasteiger partial charge >= 0.3 is 0 Å². The molecule has 0 bridgehead atoms. The minimum Gasteiger partial charge on any atom is -0.360 e. The van der Waals surface area contributed by atoms with E-state index in [0.717, 1.165) is 21.1 Å². The van der Waals surface area contributed by atoms with E-state index < -0.39 is 10.0 Å². The molecule has 0 aromatic carbocycles. The van der Waals surface area contributed by atoms with Crippen LogP contribution in [0.3, 0.4) is 0 Å². The van der Waals surface area contributed by atoms with Crippen LogP contribution >= 0.6 is 11.3 Å². The van der Waals surface area contributed by atoms with Crippen molar-refractivity contribution in [2.45, 2.75) is 32.2 Å². The lowest BCUT2D eigenvalue weighted by Crippen LogP contribution is -2.24. The maximum atomic E-state index is 12.5. The second-order valence-electron chi connectivity index (χ2n) is 5.25. The highest BCUT2D eigenvalue weighted by atomic mass is 32.2. The van der Waals surface area contributed by atoms with Crippen LogP contribution in [0.2, 0.25) is 0 Å². The Morgan fingerprint density at radius 2 is 2.04 bits per heavy atom. The van der Waals surface area contributed by atoms with Gasteiger partial charge in [-0.2, -0.15) is 0 Å². The van der Waals surface area contributed by atoms with Crippen LogP contribution in [-0.2, 0) is 16.6 Å². The van der Waals surface area contributed by atoms with Gasteiger partial charge < -0.3 is 4.52 Å². The molecule has 0 atom stereocenters. The van der Waals surface area contributed by atoms with Gasteiger partial charge in [0.15, 0.2) is 5.76 Å². The number of thiazole rings is 1. The molecule has 0 aliphatic carbocycles. The SMILES string of the molecule is Cc1nc(-c2cccnc2)sc1CNS(=O)(=O)c1c(C)noc1C. The van der Waals surface area contributed by atoms with Gasteiger partial charge in [0.25, 0.3) is 0 Å². The predicted molar refractivity (Wildman–Crippen MR) is 90.1 cm³/mol. The zero-order valence-corrected chi connectivity index (χ0v) is 15.0. The van der Waals surface area contributed by atoms with E-state index in [1.54, 1.807) is 26.2 Å². The largest absolute Gasteiger partial charge is 0.360 e. The minimum atomic E-state index is -3.69. The van der Waals surface area contributed by atoms with Crippen molar-refractivity contribution in [1.29, 1.82) is 0 Å². The standard InChI is InChI=1S/C15H16N4O3S2/c1-9-13(23-15(18-9)12-5-4-6-16-7-12)8-17-24(20,21)14-10(2)19-22-11(14)3/h4-7,17H,8H2,1-3H3. The van der Waals surface area contributed by atoms with Gasteiger partial charge in [-0.05, 0) is 32.9 Å². The van der Waals surface area contributed by atoms with Crippen LogP contribution in [0, 0.1) is 20.8 Å². The van der Waals surface area contributed by atoms with Crippen LogP contribution in [0.4, 0.5) is 0 Å². The number of aromatic nitrogens is 3. The third-order valence-electron chi connectivity index (χ3n) is 3.46. The van der Waals surface area contributed by atoms with Gasteiger partial charge in [0.1, 0.15) is 15.6 Å². The molecule has 0 amide bonds. The van der Waals surface area contributed by atoms with Gasteiger partial charge in [0.2, 0.25) is 10.0 Å². The molecule has 0 aliphatic heterocycles. The van der Waals surface area contributed by atoms with E-state index in [9.17, 15) is 8.42 Å². The monoisotopic (exact) mass is 364 g/mol. The van der Waals surface area contributed by atoms with E-state index in [1.807, 2.05) is 19.1 Å². The van der Waals surface area contributed by atoms with E-state index in [2.05, 4.69) is 19.8 Å². The normalized spacial score (nSPS) is 11.8. The minimum absolute atomic E-state index is 0.0946. The molecule has 9 heteroatoms. The lowest BCUT2D eigenvalue weighted by atomic mass is 10.3. The number of sulfonamides is 1. The zero-order valence-electron chi connectivity index (χ0n) is 13.4. The fourth-order valence-corrected chi connectivity index (χ4v) is 4.70. The second-order valence-corrected chi connectivity index (χ2v) is 8.03. The number of hydrogen-bond donors (Lipinski definition) is 1. The fraction of sp³-hybridized carbons (Fsp3) is 0.267. The Bertz CT molecular complexity index is 943. The smallest absolute Gasteiger partial charge is 0.246 e. The molecule has 0 saturated heterocycles. The number of nitrogens with zero attached hydrogens (tertiary/aromatic N) is 3. The van der Waals surface area contributed by atoms with E-state index in [1.165, 1.54) is 11.3 Å². The predicted octanol–water partition coefficient (Wildman–Crippen LogP) is 2.60. The third kappa shape index (κ3) is 3.23. The van der Waals surface area contributed by atoms with Crippen LogP contribution in [0.15, 0.2) is 33.9 Å². The Kier molecular flexibility index (Phi) is 4.48. The first kappa shape index (κ1) is 16.7. The Hall–Kier alpha value is -2.10. The van der Waals surface area contributed by atoms with E-state index in [4.69, 9.17) is 4.52 Å². The van der Waals surface area contributed by atoms with Gasteiger partial charge in [-0.1, -0.05) is 5.16 Å². The van der Waals surface area contributed by atoms with E-state index in [0.29, 0.717) is 5.69 Å². The first-order valence-corrected chi connectivity index (χ1v) is 9.47. The van der Waals surface area contributed by atoms with Crippen molar-refractivity contribution in [1.82, 2.24) is 19.8 Å². The molecule has 0 unspecified atom stereocenters. The molecular formula is C15H16N4O3S2. The quantitative estimate of drug-likeness (QED) is 0.747. The van der Waals surface area contributed by atoms with Crippen LogP contribution in [0.1, 0.15) is 22.0 Å². The second kappa shape index (κ2) is 6.42. The summed E-state index contributed by atoms with van der Waals surface area (Å²) >= 11 is 1.44. The molecule has 24 heavy (non-hydrogen) atoms. The summed E-state index contributed by atoms with van der Waals surface area (Å²) < 4.78 is 32.4. The van der Waals surface area contributed by atoms with Crippen molar-refractivity contribution < 1.29 is 12.9 Å². The van der Waals surface area contributed by atoms with Gasteiger partial charge in [-0.25, -0.2) is 18.1 Å². The highest BCUT2D eigenvalue weighted by molar-refractivity contribution is 7.89. The van der Waals surface area contributed by atoms with Gasteiger partial charge in [0.05, 0.1) is 5.69 Å². The molecule has 0 spiro atoms. The maximum Gasteiger partial charge on any atom is 0.246 e. The highest BCUT2D eigenvalue weighted by Crippen LogP contribution is 2.28. The summed E-state index contributed by atoms with van der Waals surface area (Å²) in [6.07, 6.45) is 3.43. The van der Waals surface area contributed by atoms with Crippen LogP contribution in [-0.4, -0.2) is 23.5 Å². The number of pyridine rings is 1. The van der Waals surface area contributed by atoms with Crippen LogP contribution in [0.25, 0.3) is 10.6 Å². The topological polar surface area (TPSA) is 98.0 Å². The first-order chi connectivity index (χ1) is 11.4. The van der Waals surface area contributed by atoms with Crippen molar-refractivity contribution in [3.05, 3.63) is 46.6 Å². The number of aryl methyl sites for hydroxylation is 3. The molecule has 3 aromatic heterocycles. The fourth-order valence-electron chi connectivity index (χ4n) is 2.30. The molecule has 3 heterocycles. The lowest BCUT2D eigenvalue weighted by Gasteiger charge is -2.05. The van der Waals surface area contributed by atoms with Crippen molar-refractivity contribution in [2.24, 2.45) is 0 Å². The van der Waals surface area contributed by atoms with Crippen molar-refractivity contribution >= 4 is 21.4 Å². The average Bonchev–Trinajstić information content (AvgIpc) is 3.09. The molecule has 3 rings (SSSR count). The molecule has 7 nitrogen and oxygen atoms in total. The summed E-state index contributed by atoms with van der Waals surface area (Å²) in [7, 11) is -3.69.